The molecule has 0 amide bonds. The number of aliphatic hydroxyl groups is 1. The highest BCUT2D eigenvalue weighted by Crippen LogP contribution is 2.26. The molecule has 2 aromatic rings. The van der Waals surface area contributed by atoms with E-state index in [9.17, 15) is 5.11 Å². The van der Waals surface area contributed by atoms with Gasteiger partial charge in [-0.3, -0.25) is 0 Å². The molecule has 1 N–H and O–H groups in total. The molecule has 2 aromatic carbocycles. The van der Waals surface area contributed by atoms with Crippen LogP contribution in [0, 0.1) is 6.92 Å². The lowest BCUT2D eigenvalue weighted by atomic mass is 9.92. The Kier molecular flexibility index (Phi) is 4.87. The molecule has 0 saturated carbocycles. The van der Waals surface area contributed by atoms with E-state index in [-0.39, 0.29) is 12.5 Å². The third-order valence-corrected chi connectivity index (χ3v) is 3.97. The van der Waals surface area contributed by atoms with E-state index in [0.717, 1.165) is 17.5 Å². The van der Waals surface area contributed by atoms with E-state index in [1.54, 1.807) is 6.07 Å². The van der Waals surface area contributed by atoms with Gasteiger partial charge < -0.3 is 5.11 Å². The molecule has 19 heavy (non-hydrogen) atoms. The minimum absolute atomic E-state index is 0.0813. The van der Waals surface area contributed by atoms with Gasteiger partial charge >= 0.3 is 0 Å². The van der Waals surface area contributed by atoms with Crippen LogP contribution in [0.4, 0.5) is 0 Å². The second kappa shape index (κ2) is 6.42. The van der Waals surface area contributed by atoms with Crippen LogP contribution in [-0.2, 0) is 6.42 Å². The average Bonchev–Trinajstić information content (AvgIpc) is 2.41. The first kappa shape index (κ1) is 14.4. The van der Waals surface area contributed by atoms with Crippen LogP contribution < -0.4 is 0 Å². The molecule has 0 radical (unpaired) electrons. The number of hydrogen-bond donors (Lipinski definition) is 1. The number of halogens is 2. The van der Waals surface area contributed by atoms with Crippen LogP contribution >= 0.6 is 23.2 Å². The van der Waals surface area contributed by atoms with Crippen molar-refractivity contribution in [2.75, 3.05) is 6.61 Å². The number of rotatable bonds is 4. The monoisotopic (exact) mass is 294 g/mol. The van der Waals surface area contributed by atoms with Gasteiger partial charge in [0.2, 0.25) is 0 Å². The Morgan fingerprint density at radius 3 is 2.26 bits per heavy atom. The van der Waals surface area contributed by atoms with Crippen LogP contribution in [0.5, 0.6) is 0 Å². The normalized spacial score (nSPS) is 12.4. The smallest absolute Gasteiger partial charge is 0.0595 e. The van der Waals surface area contributed by atoms with Crippen molar-refractivity contribution in [2.45, 2.75) is 19.3 Å². The third-order valence-electron chi connectivity index (χ3n) is 3.24. The van der Waals surface area contributed by atoms with Crippen molar-refractivity contribution in [3.05, 3.63) is 69.2 Å². The Labute approximate surface area is 123 Å². The zero-order valence-corrected chi connectivity index (χ0v) is 12.2. The van der Waals surface area contributed by atoms with Crippen LogP contribution in [0.3, 0.4) is 0 Å². The van der Waals surface area contributed by atoms with Gasteiger partial charge in [-0.15, -0.1) is 0 Å². The summed E-state index contributed by atoms with van der Waals surface area (Å²) >= 11 is 11.9. The van der Waals surface area contributed by atoms with E-state index in [1.165, 1.54) is 5.56 Å². The molecule has 0 aliphatic carbocycles. The Bertz CT molecular complexity index is 549. The van der Waals surface area contributed by atoms with E-state index >= 15 is 0 Å². The van der Waals surface area contributed by atoms with Crippen molar-refractivity contribution >= 4 is 23.2 Å². The van der Waals surface area contributed by atoms with Crippen LogP contribution in [0.1, 0.15) is 22.6 Å². The summed E-state index contributed by atoms with van der Waals surface area (Å²) < 4.78 is 0. The summed E-state index contributed by atoms with van der Waals surface area (Å²) in [7, 11) is 0. The number of aliphatic hydroxyl groups excluding tert-OH is 1. The van der Waals surface area contributed by atoms with Gasteiger partial charge in [-0.1, -0.05) is 59.1 Å². The molecule has 0 aliphatic heterocycles. The maximum atomic E-state index is 9.57. The molecule has 2 rings (SSSR count). The van der Waals surface area contributed by atoms with Crippen LogP contribution in [0.25, 0.3) is 0 Å². The molecule has 1 nitrogen and oxygen atoms in total. The summed E-state index contributed by atoms with van der Waals surface area (Å²) in [5.74, 6) is 0.0813. The average molecular weight is 295 g/mol. The van der Waals surface area contributed by atoms with Crippen LogP contribution in [0.2, 0.25) is 10.0 Å². The molecule has 0 heterocycles. The van der Waals surface area contributed by atoms with E-state index in [4.69, 9.17) is 23.2 Å². The van der Waals surface area contributed by atoms with Gasteiger partial charge in [0.1, 0.15) is 0 Å². The van der Waals surface area contributed by atoms with Crippen molar-refractivity contribution < 1.29 is 5.11 Å². The zero-order chi connectivity index (χ0) is 13.8. The summed E-state index contributed by atoms with van der Waals surface area (Å²) in [6.07, 6.45) is 0.746. The highest BCUT2D eigenvalue weighted by molar-refractivity contribution is 6.42. The summed E-state index contributed by atoms with van der Waals surface area (Å²) in [6, 6.07) is 13.9. The minimum Gasteiger partial charge on any atom is -0.396 e. The van der Waals surface area contributed by atoms with Crippen molar-refractivity contribution in [3.63, 3.8) is 0 Å². The zero-order valence-electron chi connectivity index (χ0n) is 10.7. The quantitative estimate of drug-likeness (QED) is 0.872. The predicted molar refractivity (Wildman–Crippen MR) is 81.2 cm³/mol. The first-order valence-electron chi connectivity index (χ1n) is 6.21. The lowest BCUT2D eigenvalue weighted by Crippen LogP contribution is -2.07. The lowest BCUT2D eigenvalue weighted by molar-refractivity contribution is 0.264. The summed E-state index contributed by atoms with van der Waals surface area (Å²) in [4.78, 5) is 0. The van der Waals surface area contributed by atoms with Gasteiger partial charge in [-0.25, -0.2) is 0 Å². The number of hydrogen-bond acceptors (Lipinski definition) is 1. The Hall–Kier alpha value is -1.02. The lowest BCUT2D eigenvalue weighted by Gasteiger charge is -2.15. The van der Waals surface area contributed by atoms with Gasteiger partial charge in [-0.2, -0.15) is 0 Å². The predicted octanol–water partition coefficient (Wildman–Crippen LogP) is 4.62. The fourth-order valence-corrected chi connectivity index (χ4v) is 2.40. The van der Waals surface area contributed by atoms with Crippen LogP contribution in [0.15, 0.2) is 42.5 Å². The second-order valence-corrected chi connectivity index (χ2v) is 5.56. The molecule has 0 bridgehead atoms. The van der Waals surface area contributed by atoms with E-state index in [1.807, 2.05) is 12.1 Å². The molecular weight excluding hydrogens is 279 g/mol. The Balaban J connectivity index is 2.18. The first-order valence-corrected chi connectivity index (χ1v) is 6.97. The largest absolute Gasteiger partial charge is 0.396 e. The van der Waals surface area contributed by atoms with Gasteiger partial charge in [0.05, 0.1) is 16.7 Å². The summed E-state index contributed by atoms with van der Waals surface area (Å²) in [5, 5.41) is 10.7. The first-order chi connectivity index (χ1) is 9.10. The van der Waals surface area contributed by atoms with Crippen molar-refractivity contribution in [1.29, 1.82) is 0 Å². The second-order valence-electron chi connectivity index (χ2n) is 4.74. The van der Waals surface area contributed by atoms with Crippen molar-refractivity contribution in [3.8, 4) is 0 Å². The maximum absolute atomic E-state index is 9.57. The molecule has 0 fully saturated rings. The molecule has 1 unspecified atom stereocenters. The van der Waals surface area contributed by atoms with E-state index in [0.29, 0.717) is 10.0 Å². The topological polar surface area (TPSA) is 20.2 Å². The molecule has 100 valence electrons. The molecule has 1 atom stereocenters. The summed E-state index contributed by atoms with van der Waals surface area (Å²) in [6.45, 7) is 2.17. The molecule has 0 saturated heterocycles. The number of benzene rings is 2. The van der Waals surface area contributed by atoms with Gasteiger partial charge in [0.15, 0.2) is 0 Å². The Morgan fingerprint density at radius 1 is 1.00 bits per heavy atom. The van der Waals surface area contributed by atoms with E-state index < -0.39 is 0 Å². The standard InChI is InChI=1S/C16H16Cl2O/c1-11-2-5-13(6-3-11)14(10-19)8-12-4-7-15(17)16(18)9-12/h2-7,9,14,19H,8,10H2,1H3. The number of aryl methyl sites for hydroxylation is 1. The van der Waals surface area contributed by atoms with Crippen molar-refractivity contribution in [2.24, 2.45) is 0 Å². The third kappa shape index (κ3) is 3.73. The van der Waals surface area contributed by atoms with Gasteiger partial charge in [-0.05, 0) is 36.6 Å². The highest BCUT2D eigenvalue weighted by Gasteiger charge is 2.12. The molecular formula is C16H16Cl2O. The molecule has 3 heteroatoms. The molecule has 0 aliphatic rings. The fraction of sp³-hybridized carbons (Fsp3) is 0.250. The van der Waals surface area contributed by atoms with Crippen LogP contribution in [-0.4, -0.2) is 11.7 Å². The van der Waals surface area contributed by atoms with E-state index in [2.05, 4.69) is 31.2 Å². The molecule has 0 aromatic heterocycles. The van der Waals surface area contributed by atoms with Gasteiger partial charge in [0.25, 0.3) is 0 Å². The van der Waals surface area contributed by atoms with Crippen molar-refractivity contribution in [1.82, 2.24) is 0 Å². The minimum atomic E-state index is 0.0813. The highest BCUT2D eigenvalue weighted by atomic mass is 35.5. The maximum Gasteiger partial charge on any atom is 0.0595 e. The Morgan fingerprint density at radius 2 is 1.68 bits per heavy atom. The van der Waals surface area contributed by atoms with Gasteiger partial charge in [0, 0.05) is 5.92 Å². The molecule has 0 spiro atoms. The fourth-order valence-electron chi connectivity index (χ4n) is 2.08. The summed E-state index contributed by atoms with van der Waals surface area (Å²) in [5.41, 5.74) is 3.43. The SMILES string of the molecule is Cc1ccc(C(CO)Cc2ccc(Cl)c(Cl)c2)cc1.